The zero-order valence-electron chi connectivity index (χ0n) is 24.1. The first-order valence-electron chi connectivity index (χ1n) is 14.1. The molecule has 0 saturated carbocycles. The van der Waals surface area contributed by atoms with Crippen LogP contribution >= 0.6 is 0 Å². The van der Waals surface area contributed by atoms with Crippen LogP contribution in [0.5, 0.6) is 23.0 Å². The van der Waals surface area contributed by atoms with E-state index in [1.165, 1.54) is 0 Å². The van der Waals surface area contributed by atoms with Gasteiger partial charge in [-0.25, -0.2) is 0 Å². The molecule has 2 heterocycles. The van der Waals surface area contributed by atoms with Crippen LogP contribution in [0.4, 0.5) is 0 Å². The number of fused-ring (bicyclic) bond motifs is 1. The summed E-state index contributed by atoms with van der Waals surface area (Å²) in [6.45, 7) is 5.72. The fraction of sp³-hybridized carbons (Fsp3) is 0.333. The molecule has 4 aromatic rings. The van der Waals surface area contributed by atoms with E-state index in [0.29, 0.717) is 54.9 Å². The average Bonchev–Trinajstić information content (AvgIpc) is 3.55. The van der Waals surface area contributed by atoms with Gasteiger partial charge in [-0.2, -0.15) is 5.10 Å². The summed E-state index contributed by atoms with van der Waals surface area (Å²) in [5.41, 5.74) is 5.09. The minimum atomic E-state index is -0.351. The molecule has 0 radical (unpaired) electrons. The van der Waals surface area contributed by atoms with Crippen molar-refractivity contribution in [2.24, 2.45) is 0 Å². The number of hydrogen-bond donors (Lipinski definition) is 1. The number of hydrogen-bond acceptors (Lipinski definition) is 6. The Morgan fingerprint density at radius 1 is 0.878 bits per heavy atom. The second-order valence-electron chi connectivity index (χ2n) is 9.91. The van der Waals surface area contributed by atoms with Crippen LogP contribution in [-0.2, 0) is 6.42 Å². The highest BCUT2D eigenvalue weighted by Gasteiger charge is 2.42. The highest BCUT2D eigenvalue weighted by molar-refractivity contribution is 6.00. The van der Waals surface area contributed by atoms with E-state index in [1.54, 1.807) is 14.2 Å². The zero-order chi connectivity index (χ0) is 28.8. The standard InChI is InChI=1S/C33H37N3O5/c1-5-7-19-41-26-16-14-24(21-28(26)40-6-2)32-29-30(23-11-9-8-10-12-23)34-35-31(29)33(37)36(32)18-17-22-13-15-25(38-3)27(20-22)39-4/h8-16,20-21,32H,5-7,17-19H2,1-4H3,(H,34,35). The van der Waals surface area contributed by atoms with Crippen molar-refractivity contribution in [3.8, 4) is 34.3 Å². The van der Waals surface area contributed by atoms with E-state index in [1.807, 2.05) is 78.6 Å². The normalized spacial score (nSPS) is 14.2. The summed E-state index contributed by atoms with van der Waals surface area (Å²) in [4.78, 5) is 15.8. The molecule has 1 aliphatic heterocycles. The molecule has 1 N–H and O–H groups in total. The molecular formula is C33H37N3O5. The van der Waals surface area contributed by atoms with E-state index >= 15 is 0 Å². The maximum atomic E-state index is 13.9. The van der Waals surface area contributed by atoms with Crippen LogP contribution in [0.15, 0.2) is 66.7 Å². The predicted octanol–water partition coefficient (Wildman–Crippen LogP) is 6.46. The van der Waals surface area contributed by atoms with Gasteiger partial charge < -0.3 is 23.8 Å². The SMILES string of the molecule is CCCCOc1ccc(C2c3c(-c4ccccc4)n[nH]c3C(=O)N2CCc2ccc(OC)c(OC)c2)cc1OCC. The summed E-state index contributed by atoms with van der Waals surface area (Å²) < 4.78 is 23.0. The summed E-state index contributed by atoms with van der Waals surface area (Å²) in [5.74, 6) is 2.63. The molecule has 8 heteroatoms. The summed E-state index contributed by atoms with van der Waals surface area (Å²) in [6.07, 6.45) is 2.65. The van der Waals surface area contributed by atoms with Gasteiger partial charge in [-0.05, 0) is 55.2 Å². The molecule has 0 bridgehead atoms. The Hall–Kier alpha value is -4.46. The second-order valence-corrected chi connectivity index (χ2v) is 9.91. The van der Waals surface area contributed by atoms with E-state index in [0.717, 1.165) is 40.8 Å². The quantitative estimate of drug-likeness (QED) is 0.191. The number of carbonyl (C=O) groups is 1. The Morgan fingerprint density at radius 3 is 2.39 bits per heavy atom. The van der Waals surface area contributed by atoms with Crippen molar-refractivity contribution in [3.05, 3.63) is 89.1 Å². The number of aromatic amines is 1. The number of aromatic nitrogens is 2. The van der Waals surface area contributed by atoms with Crippen LogP contribution in [0.3, 0.4) is 0 Å². The molecule has 0 aliphatic carbocycles. The van der Waals surface area contributed by atoms with Crippen LogP contribution in [0.2, 0.25) is 0 Å². The smallest absolute Gasteiger partial charge is 0.273 e. The molecule has 0 fully saturated rings. The van der Waals surface area contributed by atoms with Gasteiger partial charge in [0.15, 0.2) is 23.0 Å². The molecule has 8 nitrogen and oxygen atoms in total. The number of amides is 1. The number of H-pyrrole nitrogens is 1. The largest absolute Gasteiger partial charge is 0.493 e. The van der Waals surface area contributed by atoms with Crippen molar-refractivity contribution < 1.29 is 23.7 Å². The van der Waals surface area contributed by atoms with Gasteiger partial charge in [-0.15, -0.1) is 0 Å². The average molecular weight is 556 g/mol. The van der Waals surface area contributed by atoms with Gasteiger partial charge in [0.1, 0.15) is 5.69 Å². The third-order valence-electron chi connectivity index (χ3n) is 7.34. The van der Waals surface area contributed by atoms with E-state index in [2.05, 4.69) is 17.1 Å². The van der Waals surface area contributed by atoms with Gasteiger partial charge >= 0.3 is 0 Å². The number of carbonyl (C=O) groups excluding carboxylic acids is 1. The van der Waals surface area contributed by atoms with Gasteiger partial charge in [0.05, 0.1) is 39.2 Å². The van der Waals surface area contributed by atoms with Gasteiger partial charge in [-0.3, -0.25) is 9.89 Å². The molecule has 1 aromatic heterocycles. The topological polar surface area (TPSA) is 85.9 Å². The fourth-order valence-electron chi connectivity index (χ4n) is 5.28. The van der Waals surface area contributed by atoms with Crippen molar-refractivity contribution in [1.82, 2.24) is 15.1 Å². The molecule has 1 unspecified atom stereocenters. The maximum absolute atomic E-state index is 13.9. The Bertz CT molecular complexity index is 1480. The van der Waals surface area contributed by atoms with E-state index in [-0.39, 0.29) is 11.9 Å². The van der Waals surface area contributed by atoms with Gasteiger partial charge in [-0.1, -0.05) is 55.8 Å². The number of nitrogens with zero attached hydrogens (tertiary/aromatic N) is 2. The third-order valence-corrected chi connectivity index (χ3v) is 7.34. The predicted molar refractivity (Wildman–Crippen MR) is 158 cm³/mol. The van der Waals surface area contributed by atoms with Crippen molar-refractivity contribution in [2.45, 2.75) is 39.2 Å². The molecule has 0 saturated heterocycles. The molecule has 1 atom stereocenters. The van der Waals surface area contributed by atoms with E-state index in [4.69, 9.17) is 18.9 Å². The van der Waals surface area contributed by atoms with Crippen LogP contribution in [0.1, 0.15) is 59.9 Å². The molecule has 41 heavy (non-hydrogen) atoms. The summed E-state index contributed by atoms with van der Waals surface area (Å²) >= 11 is 0. The molecule has 214 valence electrons. The monoisotopic (exact) mass is 555 g/mol. The summed E-state index contributed by atoms with van der Waals surface area (Å²) in [7, 11) is 3.24. The molecule has 1 amide bonds. The van der Waals surface area contributed by atoms with E-state index < -0.39 is 0 Å². The molecule has 5 rings (SSSR count). The van der Waals surface area contributed by atoms with Crippen molar-refractivity contribution >= 4 is 5.91 Å². The Kier molecular flexibility index (Phi) is 8.77. The lowest BCUT2D eigenvalue weighted by atomic mass is 9.95. The first-order valence-corrected chi connectivity index (χ1v) is 14.1. The van der Waals surface area contributed by atoms with Crippen LogP contribution in [-0.4, -0.2) is 55.0 Å². The number of methoxy groups -OCH3 is 2. The Balaban J connectivity index is 1.54. The summed E-state index contributed by atoms with van der Waals surface area (Å²) in [5, 5.41) is 7.64. The molecule has 3 aromatic carbocycles. The third kappa shape index (κ3) is 5.73. The molecule has 1 aliphatic rings. The number of benzene rings is 3. The van der Waals surface area contributed by atoms with Gasteiger partial charge in [0.25, 0.3) is 5.91 Å². The first kappa shape index (κ1) is 28.1. The Labute approximate surface area is 241 Å². The number of rotatable bonds is 13. The van der Waals surface area contributed by atoms with Crippen molar-refractivity contribution in [3.63, 3.8) is 0 Å². The first-order chi connectivity index (χ1) is 20.1. The number of unbranched alkanes of at least 4 members (excludes halogenated alkanes) is 1. The van der Waals surface area contributed by atoms with Crippen LogP contribution < -0.4 is 18.9 Å². The van der Waals surface area contributed by atoms with Crippen LogP contribution in [0.25, 0.3) is 11.3 Å². The molecular weight excluding hydrogens is 518 g/mol. The fourth-order valence-corrected chi connectivity index (χ4v) is 5.28. The Morgan fingerprint density at radius 2 is 1.66 bits per heavy atom. The second kappa shape index (κ2) is 12.8. The number of ether oxygens (including phenoxy) is 4. The van der Waals surface area contributed by atoms with Gasteiger partial charge in [0.2, 0.25) is 0 Å². The van der Waals surface area contributed by atoms with E-state index in [9.17, 15) is 4.79 Å². The van der Waals surface area contributed by atoms with Gasteiger partial charge in [0, 0.05) is 17.7 Å². The van der Waals surface area contributed by atoms with Crippen LogP contribution in [0, 0.1) is 0 Å². The highest BCUT2D eigenvalue weighted by atomic mass is 16.5. The molecule has 0 spiro atoms. The number of nitrogens with one attached hydrogen (secondary N) is 1. The summed E-state index contributed by atoms with van der Waals surface area (Å²) in [6, 6.07) is 21.4. The maximum Gasteiger partial charge on any atom is 0.273 e. The zero-order valence-corrected chi connectivity index (χ0v) is 24.1. The lowest BCUT2D eigenvalue weighted by Gasteiger charge is -2.27. The minimum absolute atomic E-state index is 0.0820. The lowest BCUT2D eigenvalue weighted by Crippen LogP contribution is -2.31. The highest BCUT2D eigenvalue weighted by Crippen LogP contribution is 2.44. The lowest BCUT2D eigenvalue weighted by molar-refractivity contribution is 0.0745. The van der Waals surface area contributed by atoms with Crippen molar-refractivity contribution in [1.29, 1.82) is 0 Å². The minimum Gasteiger partial charge on any atom is -0.493 e. The van der Waals surface area contributed by atoms with Crippen molar-refractivity contribution in [2.75, 3.05) is 34.0 Å².